The van der Waals surface area contributed by atoms with Crippen LogP contribution >= 0.6 is 11.8 Å². The summed E-state index contributed by atoms with van der Waals surface area (Å²) < 4.78 is 0. The van der Waals surface area contributed by atoms with Crippen LogP contribution in [0.15, 0.2) is 12.2 Å². The monoisotopic (exact) mass is 102 g/mol. The van der Waals surface area contributed by atoms with Crippen molar-refractivity contribution in [2.45, 2.75) is 6.92 Å². The lowest BCUT2D eigenvalue weighted by Crippen LogP contribution is -1.60. The van der Waals surface area contributed by atoms with E-state index < -0.39 is 0 Å². The normalized spacial score (nSPS) is 10.3. The molecule has 0 bridgehead atoms. The number of hydrogen-bond donors (Lipinski definition) is 0. The molecule has 0 nitrogen and oxygen atoms in total. The van der Waals surface area contributed by atoms with Gasteiger partial charge in [-0.1, -0.05) is 12.2 Å². The molecule has 0 radical (unpaired) electrons. The van der Waals surface area contributed by atoms with Gasteiger partial charge in [0, 0.05) is 5.75 Å². The fourth-order valence-corrected chi connectivity index (χ4v) is 0.577. The van der Waals surface area contributed by atoms with Crippen LogP contribution in [-0.2, 0) is 0 Å². The van der Waals surface area contributed by atoms with Gasteiger partial charge in [0.05, 0.1) is 0 Å². The van der Waals surface area contributed by atoms with E-state index in [2.05, 4.69) is 18.4 Å². The van der Waals surface area contributed by atoms with Crippen molar-refractivity contribution in [2.75, 3.05) is 12.0 Å². The lowest BCUT2D eigenvalue weighted by atomic mass is 10.6. The zero-order chi connectivity index (χ0) is 4.83. The van der Waals surface area contributed by atoms with E-state index in [0.717, 1.165) is 5.75 Å². The molecule has 0 aromatic rings. The molecule has 1 heteroatoms. The maximum Gasteiger partial charge on any atom is 0.0110 e. The minimum absolute atomic E-state index is 1.15. The highest BCUT2D eigenvalue weighted by Gasteiger charge is 1.64. The van der Waals surface area contributed by atoms with Crippen molar-refractivity contribution in [3.05, 3.63) is 12.2 Å². The summed E-state index contributed by atoms with van der Waals surface area (Å²) in [4.78, 5) is 0. The van der Waals surface area contributed by atoms with E-state index in [4.69, 9.17) is 0 Å². The minimum atomic E-state index is 1.15. The molecule has 0 unspecified atom stereocenters. The predicted molar refractivity (Wildman–Crippen MR) is 33.2 cm³/mol. The topological polar surface area (TPSA) is 0 Å². The number of rotatable bonds is 2. The first-order chi connectivity index (χ1) is 2.91. The van der Waals surface area contributed by atoms with E-state index in [1.54, 1.807) is 0 Å². The summed E-state index contributed by atoms with van der Waals surface area (Å²) in [5, 5.41) is 0. The molecule has 0 heterocycles. The maximum atomic E-state index is 2.14. The third kappa shape index (κ3) is 4.09. The summed E-state index contributed by atoms with van der Waals surface area (Å²) in [5.41, 5.74) is 0. The third-order valence-electron chi connectivity index (χ3n) is 0.499. The molecule has 0 aliphatic rings. The first-order valence-electron chi connectivity index (χ1n) is 2.02. The Balaban J connectivity index is 2.66. The second-order valence-electron chi connectivity index (χ2n) is 1.02. The summed E-state index contributed by atoms with van der Waals surface area (Å²) >= 11 is 1.84. The number of hydrogen-bond acceptors (Lipinski definition) is 1. The Morgan fingerprint density at radius 2 is 2.33 bits per heavy atom. The molecule has 0 atom stereocenters. The van der Waals surface area contributed by atoms with Crippen LogP contribution in [0.25, 0.3) is 0 Å². The van der Waals surface area contributed by atoms with E-state index in [0.29, 0.717) is 0 Å². The zero-order valence-electron chi connectivity index (χ0n) is 4.27. The van der Waals surface area contributed by atoms with Gasteiger partial charge in [0.2, 0.25) is 0 Å². The van der Waals surface area contributed by atoms with Crippen LogP contribution < -0.4 is 0 Å². The Bertz CT molecular complexity index is 39.2. The SMILES string of the molecule is CC=CCSC. The molecule has 0 rings (SSSR count). The molecule has 0 amide bonds. The summed E-state index contributed by atoms with van der Waals surface area (Å²) in [6.45, 7) is 2.04. The molecule has 0 aromatic heterocycles. The first-order valence-corrected chi connectivity index (χ1v) is 3.41. The molecule has 0 saturated carbocycles. The van der Waals surface area contributed by atoms with Crippen molar-refractivity contribution in [1.82, 2.24) is 0 Å². The fourth-order valence-electron chi connectivity index (χ4n) is 0.192. The molecular formula is C5H10S. The number of thioether (sulfide) groups is 1. The Kier molecular flexibility index (Phi) is 5.17. The average Bonchev–Trinajstić information content (AvgIpc) is 1.61. The van der Waals surface area contributed by atoms with Gasteiger partial charge in [-0.15, -0.1) is 0 Å². The molecule has 0 N–H and O–H groups in total. The summed E-state index contributed by atoms with van der Waals surface area (Å²) in [6, 6.07) is 0. The van der Waals surface area contributed by atoms with E-state index in [-0.39, 0.29) is 0 Å². The summed E-state index contributed by atoms with van der Waals surface area (Å²) in [6.07, 6.45) is 6.31. The first kappa shape index (κ1) is 6.09. The van der Waals surface area contributed by atoms with Gasteiger partial charge in [-0.25, -0.2) is 0 Å². The van der Waals surface area contributed by atoms with Crippen LogP contribution in [-0.4, -0.2) is 12.0 Å². The van der Waals surface area contributed by atoms with Gasteiger partial charge in [0.25, 0.3) is 0 Å². The summed E-state index contributed by atoms with van der Waals surface area (Å²) in [7, 11) is 0. The van der Waals surface area contributed by atoms with Crippen LogP contribution in [0.2, 0.25) is 0 Å². The summed E-state index contributed by atoms with van der Waals surface area (Å²) in [5.74, 6) is 1.15. The van der Waals surface area contributed by atoms with E-state index in [1.165, 1.54) is 0 Å². The molecular weight excluding hydrogens is 92.1 g/mol. The molecule has 6 heavy (non-hydrogen) atoms. The average molecular weight is 102 g/mol. The highest BCUT2D eigenvalue weighted by molar-refractivity contribution is 7.98. The van der Waals surface area contributed by atoms with Crippen molar-refractivity contribution in [3.8, 4) is 0 Å². The number of allylic oxidation sites excluding steroid dienone is 1. The standard InChI is InChI=1S/C5H10S/c1-3-4-5-6-2/h3-4H,5H2,1-2H3. The molecule has 0 saturated heterocycles. The van der Waals surface area contributed by atoms with Gasteiger partial charge in [-0.05, 0) is 13.2 Å². The Hall–Kier alpha value is 0.0900. The van der Waals surface area contributed by atoms with Crippen LogP contribution in [0.5, 0.6) is 0 Å². The lowest BCUT2D eigenvalue weighted by Gasteiger charge is -1.77. The highest BCUT2D eigenvalue weighted by Crippen LogP contribution is 1.89. The molecule has 36 valence electrons. The van der Waals surface area contributed by atoms with Crippen LogP contribution in [0.4, 0.5) is 0 Å². The fraction of sp³-hybridized carbons (Fsp3) is 0.600. The Morgan fingerprint density at radius 3 is 2.50 bits per heavy atom. The van der Waals surface area contributed by atoms with Gasteiger partial charge in [0.1, 0.15) is 0 Å². The van der Waals surface area contributed by atoms with E-state index >= 15 is 0 Å². The maximum absolute atomic E-state index is 2.14. The second-order valence-corrected chi connectivity index (χ2v) is 1.94. The van der Waals surface area contributed by atoms with Crippen molar-refractivity contribution in [1.29, 1.82) is 0 Å². The molecule has 0 aliphatic heterocycles. The van der Waals surface area contributed by atoms with E-state index in [9.17, 15) is 0 Å². The van der Waals surface area contributed by atoms with Crippen LogP contribution in [0, 0.1) is 0 Å². The van der Waals surface area contributed by atoms with Gasteiger partial charge >= 0.3 is 0 Å². The molecule has 0 fully saturated rings. The van der Waals surface area contributed by atoms with Crippen LogP contribution in [0.1, 0.15) is 6.92 Å². The van der Waals surface area contributed by atoms with Crippen LogP contribution in [0.3, 0.4) is 0 Å². The third-order valence-corrected chi connectivity index (χ3v) is 1.02. The smallest absolute Gasteiger partial charge is 0.0110 e. The Morgan fingerprint density at radius 1 is 1.67 bits per heavy atom. The van der Waals surface area contributed by atoms with Crippen molar-refractivity contribution >= 4 is 11.8 Å². The minimum Gasteiger partial charge on any atom is -0.161 e. The van der Waals surface area contributed by atoms with Gasteiger partial charge < -0.3 is 0 Å². The van der Waals surface area contributed by atoms with Crippen molar-refractivity contribution in [2.24, 2.45) is 0 Å². The van der Waals surface area contributed by atoms with Gasteiger partial charge in [-0.2, -0.15) is 11.8 Å². The highest BCUT2D eigenvalue weighted by atomic mass is 32.2. The van der Waals surface area contributed by atoms with Crippen molar-refractivity contribution < 1.29 is 0 Å². The Labute approximate surface area is 43.6 Å². The molecule has 0 aliphatic carbocycles. The van der Waals surface area contributed by atoms with Gasteiger partial charge in [-0.3, -0.25) is 0 Å². The van der Waals surface area contributed by atoms with Crippen molar-refractivity contribution in [3.63, 3.8) is 0 Å². The van der Waals surface area contributed by atoms with E-state index in [1.807, 2.05) is 18.7 Å². The van der Waals surface area contributed by atoms with Gasteiger partial charge in [0.15, 0.2) is 0 Å². The zero-order valence-corrected chi connectivity index (χ0v) is 5.09. The lowest BCUT2D eigenvalue weighted by molar-refractivity contribution is 1.66. The predicted octanol–water partition coefficient (Wildman–Crippen LogP) is 1.93. The quantitative estimate of drug-likeness (QED) is 0.480. The largest absolute Gasteiger partial charge is 0.161 e. The second kappa shape index (κ2) is 5.09. The molecule has 0 aromatic carbocycles. The molecule has 0 spiro atoms.